The minimum Gasteiger partial charge on any atom is -0.493 e. The van der Waals surface area contributed by atoms with E-state index in [-0.39, 0.29) is 23.2 Å². The predicted molar refractivity (Wildman–Crippen MR) is 108 cm³/mol. The number of hydrogen-bond donors (Lipinski definition) is 0. The molecule has 8 heteroatoms. The molecule has 1 atom stereocenters. The third kappa shape index (κ3) is 4.54. The lowest BCUT2D eigenvalue weighted by molar-refractivity contribution is 0.0469. The molecule has 2 aromatic rings. The lowest BCUT2D eigenvalue weighted by atomic mass is 10.1. The van der Waals surface area contributed by atoms with Crippen molar-refractivity contribution in [2.75, 3.05) is 20.7 Å². The Morgan fingerprint density at radius 1 is 1.21 bits per heavy atom. The summed E-state index contributed by atoms with van der Waals surface area (Å²) < 4.78 is 42.3. The highest BCUT2D eigenvalue weighted by Crippen LogP contribution is 2.35. The first-order valence-corrected chi connectivity index (χ1v) is 10.8. The van der Waals surface area contributed by atoms with Gasteiger partial charge >= 0.3 is 5.97 Å². The third-order valence-electron chi connectivity index (χ3n) is 4.61. The van der Waals surface area contributed by atoms with Crippen LogP contribution < -0.4 is 9.47 Å². The summed E-state index contributed by atoms with van der Waals surface area (Å²) in [5.41, 5.74) is 2.07. The Hall–Kier alpha value is -2.58. The summed E-state index contributed by atoms with van der Waals surface area (Å²) in [6.07, 6.45) is 0.923. The number of carbonyl (C=O) groups is 1. The highest BCUT2D eigenvalue weighted by atomic mass is 32.2. The third-order valence-corrected chi connectivity index (χ3v) is 6.44. The summed E-state index contributed by atoms with van der Waals surface area (Å²) in [6, 6.07) is 9.45. The lowest BCUT2D eigenvalue weighted by Gasteiger charge is -2.13. The van der Waals surface area contributed by atoms with Gasteiger partial charge in [0.2, 0.25) is 10.0 Å². The van der Waals surface area contributed by atoms with Gasteiger partial charge in [0, 0.05) is 31.6 Å². The van der Waals surface area contributed by atoms with Gasteiger partial charge in [-0.05, 0) is 50.2 Å². The maximum atomic E-state index is 12.4. The number of sulfonamides is 1. The Bertz CT molecular complexity index is 999. The van der Waals surface area contributed by atoms with Crippen molar-refractivity contribution >= 4 is 16.0 Å². The van der Waals surface area contributed by atoms with Crippen LogP contribution in [0.4, 0.5) is 0 Å². The fourth-order valence-electron chi connectivity index (χ4n) is 3.08. The molecule has 0 radical (unpaired) electrons. The van der Waals surface area contributed by atoms with E-state index in [9.17, 15) is 13.2 Å². The van der Waals surface area contributed by atoms with Crippen LogP contribution in [0.3, 0.4) is 0 Å². The number of nitrogens with zero attached hydrogens (tertiary/aromatic N) is 1. The second kappa shape index (κ2) is 8.42. The molecule has 0 N–H and O–H groups in total. The Balaban J connectivity index is 1.73. The minimum atomic E-state index is -3.55. The molecule has 0 fully saturated rings. The second-order valence-corrected chi connectivity index (χ2v) is 9.17. The van der Waals surface area contributed by atoms with Crippen LogP contribution in [-0.4, -0.2) is 45.5 Å². The zero-order valence-corrected chi connectivity index (χ0v) is 17.8. The second-order valence-electron chi connectivity index (χ2n) is 7.02. The lowest BCUT2D eigenvalue weighted by Crippen LogP contribution is -2.22. The van der Waals surface area contributed by atoms with Gasteiger partial charge in [-0.3, -0.25) is 0 Å². The minimum absolute atomic E-state index is 0.0247. The molecule has 7 nitrogen and oxygen atoms in total. The van der Waals surface area contributed by atoms with Crippen LogP contribution >= 0.6 is 0 Å². The van der Waals surface area contributed by atoms with Gasteiger partial charge in [-0.2, -0.15) is 0 Å². The van der Waals surface area contributed by atoms with Crippen molar-refractivity contribution in [3.05, 3.63) is 53.1 Å². The molecule has 1 unspecified atom stereocenters. The average molecular weight is 419 g/mol. The highest BCUT2D eigenvalue weighted by Gasteiger charge is 2.23. The molecule has 0 aliphatic carbocycles. The van der Waals surface area contributed by atoms with E-state index in [0.29, 0.717) is 12.4 Å². The van der Waals surface area contributed by atoms with Gasteiger partial charge in [-0.25, -0.2) is 17.5 Å². The zero-order chi connectivity index (χ0) is 21.2. The molecule has 0 spiro atoms. The van der Waals surface area contributed by atoms with Gasteiger partial charge in [0.15, 0.2) is 0 Å². The first-order chi connectivity index (χ1) is 13.7. The van der Waals surface area contributed by atoms with E-state index >= 15 is 0 Å². The summed E-state index contributed by atoms with van der Waals surface area (Å²) >= 11 is 0. The summed E-state index contributed by atoms with van der Waals surface area (Å²) in [6.45, 7) is 4.42. The van der Waals surface area contributed by atoms with Crippen LogP contribution in [0, 0.1) is 0 Å². The van der Waals surface area contributed by atoms with Crippen molar-refractivity contribution in [1.82, 2.24) is 4.31 Å². The molecule has 3 rings (SSSR count). The Labute approximate surface area is 171 Å². The molecule has 1 heterocycles. The van der Waals surface area contributed by atoms with Crippen LogP contribution in [0.2, 0.25) is 0 Å². The van der Waals surface area contributed by atoms with E-state index < -0.39 is 16.0 Å². The van der Waals surface area contributed by atoms with E-state index in [2.05, 4.69) is 0 Å². The molecule has 0 bridgehead atoms. The van der Waals surface area contributed by atoms with Gasteiger partial charge in [0.25, 0.3) is 0 Å². The number of ether oxygens (including phenoxy) is 3. The van der Waals surface area contributed by atoms with Crippen molar-refractivity contribution < 1.29 is 27.4 Å². The maximum absolute atomic E-state index is 12.4. The van der Waals surface area contributed by atoms with Crippen molar-refractivity contribution in [2.45, 2.75) is 37.9 Å². The van der Waals surface area contributed by atoms with E-state index in [4.69, 9.17) is 14.2 Å². The molecular formula is C21H25NO6S. The smallest absolute Gasteiger partial charge is 0.338 e. The molecule has 0 aromatic heterocycles. The van der Waals surface area contributed by atoms with E-state index in [0.717, 1.165) is 27.6 Å². The van der Waals surface area contributed by atoms with E-state index in [1.165, 1.54) is 38.4 Å². The van der Waals surface area contributed by atoms with Crippen LogP contribution in [-0.2, 0) is 27.8 Å². The number of carbonyl (C=O) groups excluding carboxylic acids is 1. The zero-order valence-electron chi connectivity index (χ0n) is 17.0. The fraction of sp³-hybridized carbons (Fsp3) is 0.381. The standard InChI is InChI=1S/C21H25NO6S/c1-5-26-19-11-16-10-14(2)28-20(16)12-17(19)13-27-21(23)15-6-8-18(9-7-15)29(24,25)22(3)4/h6-9,11-12,14H,5,10,13H2,1-4H3. The average Bonchev–Trinajstić information content (AvgIpc) is 3.05. The van der Waals surface area contributed by atoms with Crippen molar-refractivity contribution in [3.63, 3.8) is 0 Å². The number of hydrogen-bond acceptors (Lipinski definition) is 6. The molecule has 29 heavy (non-hydrogen) atoms. The molecule has 1 aliphatic rings. The van der Waals surface area contributed by atoms with Gasteiger partial charge in [-0.15, -0.1) is 0 Å². The normalized spacial score (nSPS) is 15.7. The maximum Gasteiger partial charge on any atom is 0.338 e. The number of fused-ring (bicyclic) bond motifs is 1. The van der Waals surface area contributed by atoms with Crippen molar-refractivity contribution in [2.24, 2.45) is 0 Å². The first kappa shape index (κ1) is 21.1. The summed E-state index contributed by atoms with van der Waals surface area (Å²) in [4.78, 5) is 12.5. The molecule has 2 aromatic carbocycles. The fourth-order valence-corrected chi connectivity index (χ4v) is 3.99. The van der Waals surface area contributed by atoms with Crippen LogP contribution in [0.15, 0.2) is 41.3 Å². The molecule has 0 amide bonds. The topological polar surface area (TPSA) is 82.1 Å². The number of esters is 1. The molecule has 0 saturated carbocycles. The summed E-state index contributed by atoms with van der Waals surface area (Å²) in [7, 11) is -0.640. The Morgan fingerprint density at radius 2 is 1.90 bits per heavy atom. The number of benzene rings is 2. The van der Waals surface area contributed by atoms with Gasteiger partial charge in [0.1, 0.15) is 24.2 Å². The van der Waals surface area contributed by atoms with Crippen LogP contribution in [0.1, 0.15) is 35.3 Å². The SMILES string of the molecule is CCOc1cc2c(cc1COC(=O)c1ccc(S(=O)(=O)N(C)C)cc1)OC(C)C2. The van der Waals surface area contributed by atoms with Crippen molar-refractivity contribution in [1.29, 1.82) is 0 Å². The van der Waals surface area contributed by atoms with Gasteiger partial charge < -0.3 is 14.2 Å². The van der Waals surface area contributed by atoms with Crippen LogP contribution in [0.25, 0.3) is 0 Å². The largest absolute Gasteiger partial charge is 0.493 e. The summed E-state index contributed by atoms with van der Waals surface area (Å²) in [5.74, 6) is 0.908. The Morgan fingerprint density at radius 3 is 2.52 bits per heavy atom. The molecular weight excluding hydrogens is 394 g/mol. The van der Waals surface area contributed by atoms with E-state index in [1.807, 2.05) is 26.0 Å². The highest BCUT2D eigenvalue weighted by molar-refractivity contribution is 7.89. The predicted octanol–water partition coefficient (Wildman–Crippen LogP) is 3.02. The number of rotatable bonds is 7. The molecule has 156 valence electrons. The van der Waals surface area contributed by atoms with Crippen LogP contribution in [0.5, 0.6) is 11.5 Å². The molecule has 0 saturated heterocycles. The quantitative estimate of drug-likeness (QED) is 0.642. The van der Waals surface area contributed by atoms with Crippen molar-refractivity contribution in [3.8, 4) is 11.5 Å². The van der Waals surface area contributed by atoms with Gasteiger partial charge in [0.05, 0.1) is 17.1 Å². The Kier molecular flexibility index (Phi) is 6.14. The van der Waals surface area contributed by atoms with E-state index in [1.54, 1.807) is 0 Å². The van der Waals surface area contributed by atoms with Gasteiger partial charge in [-0.1, -0.05) is 0 Å². The summed E-state index contributed by atoms with van der Waals surface area (Å²) in [5, 5.41) is 0. The first-order valence-electron chi connectivity index (χ1n) is 9.37. The monoisotopic (exact) mass is 419 g/mol. The molecule has 1 aliphatic heterocycles.